The number of furan rings is 1. The summed E-state index contributed by atoms with van der Waals surface area (Å²) in [4.78, 5) is 15.2. The Bertz CT molecular complexity index is 1830. The molecule has 2 aliphatic heterocycles. The minimum atomic E-state index is 0.293. The fourth-order valence-corrected chi connectivity index (χ4v) is 6.40. The first-order valence-corrected chi connectivity index (χ1v) is 14.6. The van der Waals surface area contributed by atoms with Crippen molar-refractivity contribution in [2.45, 2.75) is 25.4 Å². The fourth-order valence-electron chi connectivity index (χ4n) is 6.40. The number of benzene rings is 3. The van der Waals surface area contributed by atoms with Crippen LogP contribution in [-0.4, -0.2) is 64.0 Å². The van der Waals surface area contributed by atoms with Crippen LogP contribution in [0.25, 0.3) is 44.4 Å². The molecule has 0 N–H and O–H groups in total. The van der Waals surface area contributed by atoms with Gasteiger partial charge < -0.3 is 14.1 Å². The highest BCUT2D eigenvalue weighted by Crippen LogP contribution is 2.37. The van der Waals surface area contributed by atoms with Crippen molar-refractivity contribution in [3.63, 3.8) is 0 Å². The van der Waals surface area contributed by atoms with Crippen LogP contribution < -0.4 is 4.90 Å². The van der Waals surface area contributed by atoms with E-state index in [1.54, 1.807) is 0 Å². The Morgan fingerprint density at radius 2 is 1.54 bits per heavy atom. The lowest BCUT2D eigenvalue weighted by atomic mass is 10.0. The Hall–Kier alpha value is -4.27. The molecule has 0 radical (unpaired) electrons. The molecule has 0 saturated carbocycles. The van der Waals surface area contributed by atoms with Crippen LogP contribution in [0.4, 0.5) is 5.82 Å². The van der Waals surface area contributed by atoms with E-state index in [0.717, 1.165) is 89.9 Å². The molecule has 8 rings (SSSR count). The third-order valence-electron chi connectivity index (χ3n) is 8.54. The molecule has 8 heteroatoms. The number of para-hydroxylation sites is 2. The second kappa shape index (κ2) is 10.3. The number of morpholine rings is 1. The third kappa shape index (κ3) is 4.44. The molecule has 2 saturated heterocycles. The molecule has 206 valence electrons. The monoisotopic (exact) mass is 544 g/mol. The van der Waals surface area contributed by atoms with Gasteiger partial charge in [-0.2, -0.15) is 5.10 Å². The molecule has 6 aromatic rings. The SMILES string of the molecule is c1ccc(CN2CCC(n3ncc4c(N5CCOCC5)nc(-c5cccc6c5oc5ccccc56)nc43)CC2)cc1. The molecule has 2 aliphatic rings. The zero-order chi connectivity index (χ0) is 27.2. The van der Waals surface area contributed by atoms with Crippen LogP contribution in [0.3, 0.4) is 0 Å². The average Bonchev–Trinajstić information content (AvgIpc) is 3.64. The molecular weight excluding hydrogens is 512 g/mol. The summed E-state index contributed by atoms with van der Waals surface area (Å²) in [6, 6.07) is 25.5. The van der Waals surface area contributed by atoms with E-state index < -0.39 is 0 Å². The Kier molecular flexibility index (Phi) is 6.15. The van der Waals surface area contributed by atoms with Crippen molar-refractivity contribution in [2.75, 3.05) is 44.3 Å². The maximum atomic E-state index is 6.38. The highest BCUT2D eigenvalue weighted by molar-refractivity contribution is 6.09. The van der Waals surface area contributed by atoms with Gasteiger partial charge in [0.1, 0.15) is 17.0 Å². The third-order valence-corrected chi connectivity index (χ3v) is 8.54. The van der Waals surface area contributed by atoms with Gasteiger partial charge in [-0.15, -0.1) is 0 Å². The van der Waals surface area contributed by atoms with Crippen molar-refractivity contribution in [2.24, 2.45) is 0 Å². The number of fused-ring (bicyclic) bond motifs is 4. The number of rotatable bonds is 5. The van der Waals surface area contributed by atoms with Crippen molar-refractivity contribution < 1.29 is 9.15 Å². The molecule has 0 spiro atoms. The lowest BCUT2D eigenvalue weighted by Crippen LogP contribution is -2.37. The summed E-state index contributed by atoms with van der Waals surface area (Å²) in [5.41, 5.74) is 4.85. The largest absolute Gasteiger partial charge is 0.455 e. The first-order valence-electron chi connectivity index (χ1n) is 14.6. The Morgan fingerprint density at radius 3 is 2.39 bits per heavy atom. The van der Waals surface area contributed by atoms with E-state index in [4.69, 9.17) is 24.2 Å². The number of hydrogen-bond acceptors (Lipinski definition) is 7. The van der Waals surface area contributed by atoms with Crippen LogP contribution in [-0.2, 0) is 11.3 Å². The summed E-state index contributed by atoms with van der Waals surface area (Å²) >= 11 is 0. The molecule has 0 aliphatic carbocycles. The lowest BCUT2D eigenvalue weighted by Gasteiger charge is -2.32. The maximum Gasteiger partial charge on any atom is 0.167 e. The summed E-state index contributed by atoms with van der Waals surface area (Å²) < 4.78 is 14.2. The van der Waals surface area contributed by atoms with Crippen LogP contribution >= 0.6 is 0 Å². The van der Waals surface area contributed by atoms with Gasteiger partial charge in [0.2, 0.25) is 0 Å². The minimum Gasteiger partial charge on any atom is -0.455 e. The second-order valence-electron chi connectivity index (χ2n) is 11.1. The van der Waals surface area contributed by atoms with Gasteiger partial charge in [0.25, 0.3) is 0 Å². The number of piperidine rings is 1. The highest BCUT2D eigenvalue weighted by Gasteiger charge is 2.27. The van der Waals surface area contributed by atoms with E-state index in [1.165, 1.54) is 5.56 Å². The molecule has 3 aromatic heterocycles. The van der Waals surface area contributed by atoms with Gasteiger partial charge in [-0.3, -0.25) is 4.90 Å². The lowest BCUT2D eigenvalue weighted by molar-refractivity contribution is 0.122. The molecular formula is C33H32N6O2. The normalized spacial score (nSPS) is 17.2. The van der Waals surface area contributed by atoms with Crippen molar-refractivity contribution in [1.82, 2.24) is 24.6 Å². The maximum absolute atomic E-state index is 6.38. The molecule has 8 nitrogen and oxygen atoms in total. The summed E-state index contributed by atoms with van der Waals surface area (Å²) in [5, 5.41) is 8.11. The molecule has 5 heterocycles. The van der Waals surface area contributed by atoms with Gasteiger partial charge >= 0.3 is 0 Å². The van der Waals surface area contributed by atoms with E-state index in [2.05, 4.69) is 69.1 Å². The van der Waals surface area contributed by atoms with Gasteiger partial charge in [-0.05, 0) is 30.5 Å². The van der Waals surface area contributed by atoms with E-state index >= 15 is 0 Å². The van der Waals surface area contributed by atoms with Crippen LogP contribution in [0.2, 0.25) is 0 Å². The first-order chi connectivity index (χ1) is 20.3. The minimum absolute atomic E-state index is 0.293. The molecule has 0 atom stereocenters. The number of hydrogen-bond donors (Lipinski definition) is 0. The van der Waals surface area contributed by atoms with Gasteiger partial charge in [-0.25, -0.2) is 14.6 Å². The Balaban J connectivity index is 1.19. The Labute approximate surface area is 238 Å². The first kappa shape index (κ1) is 24.5. The van der Waals surface area contributed by atoms with E-state index in [-0.39, 0.29) is 0 Å². The van der Waals surface area contributed by atoms with Crippen molar-refractivity contribution in [3.05, 3.63) is 84.6 Å². The number of aromatic nitrogens is 4. The predicted molar refractivity (Wildman–Crippen MR) is 161 cm³/mol. The van der Waals surface area contributed by atoms with Gasteiger partial charge in [-0.1, -0.05) is 60.7 Å². The summed E-state index contributed by atoms with van der Waals surface area (Å²) in [6.45, 7) is 6.03. The number of likely N-dealkylation sites (tertiary alicyclic amines) is 1. The number of nitrogens with zero attached hydrogens (tertiary/aromatic N) is 6. The van der Waals surface area contributed by atoms with Crippen LogP contribution in [0.1, 0.15) is 24.4 Å². The van der Waals surface area contributed by atoms with E-state index in [9.17, 15) is 0 Å². The Morgan fingerprint density at radius 1 is 0.756 bits per heavy atom. The van der Waals surface area contributed by atoms with Gasteiger partial charge in [0, 0.05) is 43.5 Å². The molecule has 0 unspecified atom stereocenters. The van der Waals surface area contributed by atoms with Crippen LogP contribution in [0, 0.1) is 0 Å². The summed E-state index contributed by atoms with van der Waals surface area (Å²) in [6.07, 6.45) is 4.03. The highest BCUT2D eigenvalue weighted by atomic mass is 16.5. The number of anilines is 1. The zero-order valence-corrected chi connectivity index (χ0v) is 22.9. The smallest absolute Gasteiger partial charge is 0.167 e. The number of ether oxygens (including phenoxy) is 1. The summed E-state index contributed by atoms with van der Waals surface area (Å²) in [7, 11) is 0. The molecule has 0 bridgehead atoms. The van der Waals surface area contributed by atoms with Gasteiger partial charge in [0.05, 0.1) is 36.4 Å². The van der Waals surface area contributed by atoms with Gasteiger partial charge in [0.15, 0.2) is 11.5 Å². The average molecular weight is 545 g/mol. The van der Waals surface area contributed by atoms with E-state index in [0.29, 0.717) is 25.1 Å². The standard InChI is InChI=1S/C33H32N6O2/c1-2-7-23(8-3-1)22-37-15-13-24(14-16-37)39-33-28(21-34-39)32(38-17-19-40-20-18-38)35-31(36-33)27-11-6-10-26-25-9-4-5-12-29(25)41-30(26)27/h1-12,21,24H,13-20,22H2. The predicted octanol–water partition coefficient (Wildman–Crippen LogP) is 6.07. The molecule has 3 aromatic carbocycles. The van der Waals surface area contributed by atoms with Crippen molar-refractivity contribution in [3.8, 4) is 11.4 Å². The van der Waals surface area contributed by atoms with Crippen molar-refractivity contribution in [1.29, 1.82) is 0 Å². The van der Waals surface area contributed by atoms with Crippen molar-refractivity contribution >= 4 is 38.8 Å². The fraction of sp³-hybridized carbons (Fsp3) is 0.303. The molecule has 2 fully saturated rings. The van der Waals surface area contributed by atoms with Crippen LogP contribution in [0.15, 0.2) is 83.4 Å². The topological polar surface area (TPSA) is 72.5 Å². The molecule has 0 amide bonds. The van der Waals surface area contributed by atoms with E-state index in [1.807, 2.05) is 24.4 Å². The second-order valence-corrected chi connectivity index (χ2v) is 11.1. The zero-order valence-electron chi connectivity index (χ0n) is 22.9. The quantitative estimate of drug-likeness (QED) is 0.261. The van der Waals surface area contributed by atoms with Crippen LogP contribution in [0.5, 0.6) is 0 Å². The summed E-state index contributed by atoms with van der Waals surface area (Å²) in [5.74, 6) is 1.60. The molecule has 41 heavy (non-hydrogen) atoms.